The lowest BCUT2D eigenvalue weighted by molar-refractivity contribution is -0.695. The molecule has 0 saturated carbocycles. The van der Waals surface area contributed by atoms with Gasteiger partial charge in [-0.25, -0.2) is 0 Å². The number of benzene rings is 1. The van der Waals surface area contributed by atoms with Gasteiger partial charge in [-0.15, -0.1) is 0 Å². The van der Waals surface area contributed by atoms with Crippen molar-refractivity contribution in [2.75, 3.05) is 19.0 Å². The first kappa shape index (κ1) is 21.8. The SMILES string of the molecule is CC[n+]1ccccc1C=C1C=C(C=CC=Cc2ccc(N(C)C)cc2)CC(C)(C)C1. The molecule has 0 N–H and O–H groups in total. The quantitative estimate of drug-likeness (QED) is 0.399. The molecule has 30 heavy (non-hydrogen) atoms. The van der Waals surface area contributed by atoms with E-state index in [2.05, 4.69) is 129 Å². The summed E-state index contributed by atoms with van der Waals surface area (Å²) >= 11 is 0. The molecule has 1 aliphatic rings. The summed E-state index contributed by atoms with van der Waals surface area (Å²) in [5.41, 5.74) is 6.79. The van der Waals surface area contributed by atoms with Gasteiger partial charge in [0.2, 0.25) is 5.69 Å². The molecule has 156 valence electrons. The van der Waals surface area contributed by atoms with Crippen molar-refractivity contribution < 1.29 is 4.57 Å². The van der Waals surface area contributed by atoms with Crippen LogP contribution in [0, 0.1) is 5.41 Å². The van der Waals surface area contributed by atoms with E-state index >= 15 is 0 Å². The van der Waals surface area contributed by atoms with Crippen LogP contribution in [0.1, 0.15) is 44.9 Å². The summed E-state index contributed by atoms with van der Waals surface area (Å²) in [4.78, 5) is 2.12. The van der Waals surface area contributed by atoms with Gasteiger partial charge in [-0.3, -0.25) is 0 Å². The van der Waals surface area contributed by atoms with Gasteiger partial charge in [0, 0.05) is 38.0 Å². The molecule has 2 heteroatoms. The molecular weight excluding hydrogens is 364 g/mol. The van der Waals surface area contributed by atoms with E-state index in [1.165, 1.54) is 28.1 Å². The highest BCUT2D eigenvalue weighted by Crippen LogP contribution is 2.38. The van der Waals surface area contributed by atoms with E-state index in [9.17, 15) is 0 Å². The van der Waals surface area contributed by atoms with Crippen LogP contribution >= 0.6 is 0 Å². The fraction of sp³-hybridized carbons (Fsp3) is 0.321. The lowest BCUT2D eigenvalue weighted by Crippen LogP contribution is -2.35. The number of nitrogens with zero attached hydrogens (tertiary/aromatic N) is 2. The van der Waals surface area contributed by atoms with Crippen LogP contribution in [0.25, 0.3) is 12.2 Å². The molecule has 1 heterocycles. The largest absolute Gasteiger partial charge is 0.378 e. The van der Waals surface area contributed by atoms with Crippen LogP contribution in [0.15, 0.2) is 84.1 Å². The van der Waals surface area contributed by atoms with E-state index in [1.54, 1.807) is 0 Å². The second-order valence-electron chi connectivity index (χ2n) is 9.07. The van der Waals surface area contributed by atoms with E-state index < -0.39 is 0 Å². The first-order valence-electron chi connectivity index (χ1n) is 10.9. The minimum Gasteiger partial charge on any atom is -0.378 e. The van der Waals surface area contributed by atoms with Gasteiger partial charge in [-0.2, -0.15) is 4.57 Å². The van der Waals surface area contributed by atoms with Crippen molar-refractivity contribution in [3.05, 3.63) is 95.4 Å². The summed E-state index contributed by atoms with van der Waals surface area (Å²) in [6, 6.07) is 15.0. The number of allylic oxidation sites excluding steroid dienone is 6. The molecule has 2 aromatic rings. The lowest BCUT2D eigenvalue weighted by atomic mass is 9.75. The third-order valence-electron chi connectivity index (χ3n) is 5.51. The van der Waals surface area contributed by atoms with Crippen molar-refractivity contribution in [3.8, 4) is 0 Å². The Kier molecular flexibility index (Phi) is 7.10. The van der Waals surface area contributed by atoms with E-state index in [1.807, 2.05) is 0 Å². The second-order valence-corrected chi connectivity index (χ2v) is 9.07. The highest BCUT2D eigenvalue weighted by molar-refractivity contribution is 5.57. The van der Waals surface area contributed by atoms with Crippen LogP contribution in [0.5, 0.6) is 0 Å². The van der Waals surface area contributed by atoms with Crippen molar-refractivity contribution in [1.82, 2.24) is 0 Å². The highest BCUT2D eigenvalue weighted by atomic mass is 15.1. The Morgan fingerprint density at radius 2 is 1.70 bits per heavy atom. The average molecular weight is 400 g/mol. The van der Waals surface area contributed by atoms with Crippen LogP contribution in [-0.4, -0.2) is 14.1 Å². The van der Waals surface area contributed by atoms with E-state index in [-0.39, 0.29) is 5.41 Å². The summed E-state index contributed by atoms with van der Waals surface area (Å²) < 4.78 is 2.29. The minimum absolute atomic E-state index is 0.276. The standard InChI is InChI=1S/C28H35N2/c1-6-30-18-10-9-13-27(30)20-25-19-24(21-28(2,3)22-25)12-8-7-11-23-14-16-26(17-15-23)29(4)5/h7-20H,6,21-22H2,1-5H3/q+1. The average Bonchev–Trinajstić information content (AvgIpc) is 2.71. The third-order valence-corrected chi connectivity index (χ3v) is 5.51. The number of anilines is 1. The summed E-state index contributed by atoms with van der Waals surface area (Å²) in [6.07, 6.45) is 17.8. The Hall–Kier alpha value is -2.87. The van der Waals surface area contributed by atoms with Gasteiger partial charge in [0.15, 0.2) is 6.20 Å². The summed E-state index contributed by atoms with van der Waals surface area (Å²) in [5.74, 6) is 0. The van der Waals surface area contributed by atoms with Crippen molar-refractivity contribution in [2.24, 2.45) is 5.41 Å². The zero-order chi connectivity index (χ0) is 21.6. The van der Waals surface area contributed by atoms with Crippen molar-refractivity contribution in [1.29, 1.82) is 0 Å². The Balaban J connectivity index is 1.76. The monoisotopic (exact) mass is 399 g/mol. The summed E-state index contributed by atoms with van der Waals surface area (Å²) in [5, 5.41) is 0. The van der Waals surface area contributed by atoms with Crippen LogP contribution in [0.2, 0.25) is 0 Å². The highest BCUT2D eigenvalue weighted by Gasteiger charge is 2.25. The second kappa shape index (κ2) is 9.75. The molecule has 3 rings (SSSR count). The fourth-order valence-electron chi connectivity index (χ4n) is 4.04. The van der Waals surface area contributed by atoms with Gasteiger partial charge >= 0.3 is 0 Å². The van der Waals surface area contributed by atoms with Crippen molar-refractivity contribution >= 4 is 17.8 Å². The molecule has 0 atom stereocenters. The van der Waals surface area contributed by atoms with E-state index in [4.69, 9.17) is 0 Å². The molecule has 0 spiro atoms. The smallest absolute Gasteiger partial charge is 0.205 e. The fourth-order valence-corrected chi connectivity index (χ4v) is 4.04. The van der Waals surface area contributed by atoms with Crippen molar-refractivity contribution in [2.45, 2.75) is 40.2 Å². The first-order valence-corrected chi connectivity index (χ1v) is 10.9. The maximum atomic E-state index is 2.37. The van der Waals surface area contributed by atoms with Gasteiger partial charge in [0.25, 0.3) is 0 Å². The van der Waals surface area contributed by atoms with Crippen LogP contribution in [0.4, 0.5) is 5.69 Å². The zero-order valence-electron chi connectivity index (χ0n) is 19.1. The molecule has 1 aromatic heterocycles. The van der Waals surface area contributed by atoms with Crippen LogP contribution < -0.4 is 9.47 Å². The van der Waals surface area contributed by atoms with Gasteiger partial charge in [-0.1, -0.05) is 56.4 Å². The molecule has 0 saturated heterocycles. The number of aromatic nitrogens is 1. The molecule has 0 bridgehead atoms. The van der Waals surface area contributed by atoms with Crippen LogP contribution in [0.3, 0.4) is 0 Å². The predicted molar refractivity (Wildman–Crippen MR) is 130 cm³/mol. The molecule has 2 nitrogen and oxygen atoms in total. The van der Waals surface area contributed by atoms with E-state index in [0.29, 0.717) is 0 Å². The number of hydrogen-bond acceptors (Lipinski definition) is 1. The lowest BCUT2D eigenvalue weighted by Gasteiger charge is -2.30. The first-order chi connectivity index (χ1) is 14.4. The van der Waals surface area contributed by atoms with Gasteiger partial charge in [0.1, 0.15) is 6.54 Å². The third kappa shape index (κ3) is 6.06. The Morgan fingerprint density at radius 1 is 0.967 bits per heavy atom. The van der Waals surface area contributed by atoms with Crippen molar-refractivity contribution in [3.63, 3.8) is 0 Å². The van der Waals surface area contributed by atoms with Gasteiger partial charge < -0.3 is 4.90 Å². The number of hydrogen-bond donors (Lipinski definition) is 0. The summed E-state index contributed by atoms with van der Waals surface area (Å²) in [7, 11) is 4.13. The maximum absolute atomic E-state index is 2.37. The Morgan fingerprint density at radius 3 is 2.40 bits per heavy atom. The molecule has 0 unspecified atom stereocenters. The molecule has 1 aromatic carbocycles. The molecule has 0 aliphatic heterocycles. The maximum Gasteiger partial charge on any atom is 0.205 e. The summed E-state index contributed by atoms with van der Waals surface area (Å²) in [6.45, 7) is 7.91. The predicted octanol–water partition coefficient (Wildman–Crippen LogP) is 6.46. The molecule has 1 aliphatic carbocycles. The Bertz CT molecular complexity index is 970. The van der Waals surface area contributed by atoms with Gasteiger partial charge in [0.05, 0.1) is 0 Å². The molecular formula is C28H35N2+. The van der Waals surface area contributed by atoms with Crippen LogP contribution in [-0.2, 0) is 6.54 Å². The Labute approximate surface area is 182 Å². The van der Waals surface area contributed by atoms with Gasteiger partial charge in [-0.05, 0) is 60.1 Å². The zero-order valence-corrected chi connectivity index (χ0v) is 19.1. The minimum atomic E-state index is 0.276. The number of pyridine rings is 1. The normalized spacial score (nSPS) is 17.6. The number of aryl methyl sites for hydroxylation is 1. The molecule has 0 radical (unpaired) electrons. The number of rotatable bonds is 6. The van der Waals surface area contributed by atoms with E-state index in [0.717, 1.165) is 19.4 Å². The topological polar surface area (TPSA) is 7.12 Å². The molecule has 0 fully saturated rings. The molecule has 0 amide bonds.